The third-order valence-electron chi connectivity index (χ3n) is 2.51. The van der Waals surface area contributed by atoms with Crippen LogP contribution in [-0.2, 0) is 13.0 Å². The third-order valence-corrected chi connectivity index (χ3v) is 2.51. The summed E-state index contributed by atoms with van der Waals surface area (Å²) in [5.74, 6) is 0.685. The number of carbonyl (C=O) groups is 1. The number of hydrogen-bond donors (Lipinski definition) is 2. The minimum atomic E-state index is -0.239. The van der Waals surface area contributed by atoms with E-state index in [1.807, 2.05) is 17.7 Å². The number of nitrogens with one attached hydrogen (secondary N) is 2. The number of aromatic amines is 1. The van der Waals surface area contributed by atoms with Gasteiger partial charge in [0, 0.05) is 31.9 Å². The van der Waals surface area contributed by atoms with E-state index >= 15 is 0 Å². The molecule has 0 saturated carbocycles. The number of imidazole rings is 1. The Morgan fingerprint density at radius 1 is 1.56 bits per heavy atom. The maximum atomic E-state index is 11.7. The first-order valence-corrected chi connectivity index (χ1v) is 5.95. The average Bonchev–Trinajstić information content (AvgIpc) is 3.05. The molecule has 0 aliphatic heterocycles. The maximum absolute atomic E-state index is 11.7. The molecule has 2 N–H and O–H groups in total. The first-order valence-electron chi connectivity index (χ1n) is 5.95. The van der Waals surface area contributed by atoms with Gasteiger partial charge in [0.1, 0.15) is 5.82 Å². The van der Waals surface area contributed by atoms with Crippen molar-refractivity contribution in [1.82, 2.24) is 30.0 Å². The minimum Gasteiger partial charge on any atom is -0.349 e. The highest BCUT2D eigenvalue weighted by Gasteiger charge is 2.10. The van der Waals surface area contributed by atoms with Gasteiger partial charge in [-0.3, -0.25) is 9.89 Å². The molecule has 0 aliphatic rings. The highest BCUT2D eigenvalue weighted by Crippen LogP contribution is 1.94. The predicted octanol–water partition coefficient (Wildman–Crippen LogP) is 0.384. The third kappa shape index (κ3) is 3.16. The van der Waals surface area contributed by atoms with E-state index in [0.717, 1.165) is 25.2 Å². The van der Waals surface area contributed by atoms with E-state index < -0.39 is 0 Å². The Balaban J connectivity index is 1.71. The fourth-order valence-corrected chi connectivity index (χ4v) is 1.52. The Morgan fingerprint density at radius 2 is 2.44 bits per heavy atom. The van der Waals surface area contributed by atoms with Crippen LogP contribution in [0.1, 0.15) is 29.8 Å². The van der Waals surface area contributed by atoms with Crippen molar-refractivity contribution in [3.63, 3.8) is 0 Å². The summed E-state index contributed by atoms with van der Waals surface area (Å²) in [5, 5.41) is 9.35. The molecule has 7 nitrogen and oxygen atoms in total. The SMILES string of the molecule is CCc1nc(C(=O)NCCCn2ccnc2)n[nH]1. The fourth-order valence-electron chi connectivity index (χ4n) is 1.52. The first kappa shape index (κ1) is 12.3. The van der Waals surface area contributed by atoms with Gasteiger partial charge in [0.2, 0.25) is 5.82 Å². The van der Waals surface area contributed by atoms with Gasteiger partial charge in [0.15, 0.2) is 0 Å². The molecule has 0 saturated heterocycles. The van der Waals surface area contributed by atoms with Crippen LogP contribution in [0.3, 0.4) is 0 Å². The van der Waals surface area contributed by atoms with Crippen molar-refractivity contribution in [3.05, 3.63) is 30.4 Å². The zero-order valence-electron chi connectivity index (χ0n) is 10.3. The molecule has 2 aromatic rings. The topological polar surface area (TPSA) is 88.5 Å². The summed E-state index contributed by atoms with van der Waals surface area (Å²) in [4.78, 5) is 19.7. The van der Waals surface area contributed by atoms with Gasteiger partial charge in [-0.1, -0.05) is 6.92 Å². The van der Waals surface area contributed by atoms with Crippen molar-refractivity contribution in [3.8, 4) is 0 Å². The molecule has 0 atom stereocenters. The van der Waals surface area contributed by atoms with Gasteiger partial charge in [-0.25, -0.2) is 9.97 Å². The van der Waals surface area contributed by atoms with Crippen molar-refractivity contribution in [1.29, 1.82) is 0 Å². The quantitative estimate of drug-likeness (QED) is 0.723. The molecule has 0 aliphatic carbocycles. The number of carbonyl (C=O) groups excluding carboxylic acids is 1. The van der Waals surface area contributed by atoms with Crippen molar-refractivity contribution >= 4 is 5.91 Å². The molecular formula is C11H16N6O. The number of aryl methyl sites for hydroxylation is 2. The summed E-state index contributed by atoms with van der Waals surface area (Å²) in [6.45, 7) is 3.37. The number of amides is 1. The highest BCUT2D eigenvalue weighted by atomic mass is 16.2. The van der Waals surface area contributed by atoms with E-state index in [1.165, 1.54) is 0 Å². The Labute approximate surface area is 105 Å². The summed E-state index contributed by atoms with van der Waals surface area (Å²) in [7, 11) is 0. The van der Waals surface area contributed by atoms with Crippen molar-refractivity contribution in [2.75, 3.05) is 6.54 Å². The van der Waals surface area contributed by atoms with Crippen LogP contribution in [0, 0.1) is 0 Å². The van der Waals surface area contributed by atoms with Crippen LogP contribution in [0.5, 0.6) is 0 Å². The second kappa shape index (κ2) is 5.95. The predicted molar refractivity (Wildman–Crippen MR) is 64.9 cm³/mol. The van der Waals surface area contributed by atoms with E-state index in [1.54, 1.807) is 12.5 Å². The molecule has 0 spiro atoms. The van der Waals surface area contributed by atoms with Crippen LogP contribution >= 0.6 is 0 Å². The van der Waals surface area contributed by atoms with Crippen LogP contribution in [-0.4, -0.2) is 37.2 Å². The standard InChI is InChI=1S/C11H16N6O/c1-2-9-14-10(16-15-9)11(18)13-4-3-6-17-7-5-12-8-17/h5,7-8H,2-4,6H2,1H3,(H,13,18)(H,14,15,16). The number of nitrogens with zero attached hydrogens (tertiary/aromatic N) is 4. The molecule has 1 amide bonds. The summed E-state index contributed by atoms with van der Waals surface area (Å²) < 4.78 is 1.97. The number of H-pyrrole nitrogens is 1. The molecule has 2 rings (SSSR count). The van der Waals surface area contributed by atoms with E-state index in [0.29, 0.717) is 6.54 Å². The van der Waals surface area contributed by atoms with Gasteiger partial charge in [0.25, 0.3) is 5.91 Å². The summed E-state index contributed by atoms with van der Waals surface area (Å²) in [6, 6.07) is 0. The second-order valence-electron chi connectivity index (χ2n) is 3.87. The van der Waals surface area contributed by atoms with Crippen molar-refractivity contribution in [2.24, 2.45) is 0 Å². The molecule has 96 valence electrons. The lowest BCUT2D eigenvalue weighted by Gasteiger charge is -2.03. The number of aromatic nitrogens is 5. The average molecular weight is 248 g/mol. The lowest BCUT2D eigenvalue weighted by molar-refractivity contribution is 0.0942. The van der Waals surface area contributed by atoms with Crippen LogP contribution in [0.25, 0.3) is 0 Å². The zero-order chi connectivity index (χ0) is 12.8. The number of hydrogen-bond acceptors (Lipinski definition) is 4. The summed E-state index contributed by atoms with van der Waals surface area (Å²) in [5.41, 5.74) is 0. The molecule has 0 fully saturated rings. The van der Waals surface area contributed by atoms with E-state index in [-0.39, 0.29) is 11.7 Å². The normalized spacial score (nSPS) is 10.5. The molecule has 2 aromatic heterocycles. The smallest absolute Gasteiger partial charge is 0.290 e. The van der Waals surface area contributed by atoms with Gasteiger partial charge >= 0.3 is 0 Å². The van der Waals surface area contributed by atoms with Crippen molar-refractivity contribution < 1.29 is 4.79 Å². The fraction of sp³-hybridized carbons (Fsp3) is 0.455. The molecule has 0 radical (unpaired) electrons. The van der Waals surface area contributed by atoms with Gasteiger partial charge in [-0.15, -0.1) is 5.10 Å². The molecule has 18 heavy (non-hydrogen) atoms. The van der Waals surface area contributed by atoms with Gasteiger partial charge in [-0.05, 0) is 6.42 Å². The summed E-state index contributed by atoms with van der Waals surface area (Å²) >= 11 is 0. The Kier molecular flexibility index (Phi) is 4.06. The van der Waals surface area contributed by atoms with Crippen LogP contribution in [0.2, 0.25) is 0 Å². The number of rotatable bonds is 6. The monoisotopic (exact) mass is 248 g/mol. The Bertz CT molecular complexity index is 489. The summed E-state index contributed by atoms with van der Waals surface area (Å²) in [6.07, 6.45) is 6.96. The highest BCUT2D eigenvalue weighted by molar-refractivity contribution is 5.90. The zero-order valence-corrected chi connectivity index (χ0v) is 10.3. The molecule has 2 heterocycles. The molecule has 0 unspecified atom stereocenters. The second-order valence-corrected chi connectivity index (χ2v) is 3.87. The first-order chi connectivity index (χ1) is 8.79. The van der Waals surface area contributed by atoms with E-state index in [4.69, 9.17) is 0 Å². The van der Waals surface area contributed by atoms with E-state index in [9.17, 15) is 4.79 Å². The molecule has 7 heteroatoms. The van der Waals surface area contributed by atoms with Crippen molar-refractivity contribution in [2.45, 2.75) is 26.3 Å². The van der Waals surface area contributed by atoms with Crippen LogP contribution < -0.4 is 5.32 Å². The van der Waals surface area contributed by atoms with Crippen LogP contribution in [0.15, 0.2) is 18.7 Å². The Morgan fingerprint density at radius 3 is 3.11 bits per heavy atom. The van der Waals surface area contributed by atoms with Crippen LogP contribution in [0.4, 0.5) is 0 Å². The van der Waals surface area contributed by atoms with E-state index in [2.05, 4.69) is 25.5 Å². The van der Waals surface area contributed by atoms with Gasteiger partial charge in [-0.2, -0.15) is 0 Å². The van der Waals surface area contributed by atoms with Gasteiger partial charge in [0.05, 0.1) is 6.33 Å². The molecular weight excluding hydrogens is 232 g/mol. The molecule has 0 aromatic carbocycles. The largest absolute Gasteiger partial charge is 0.349 e. The lowest BCUT2D eigenvalue weighted by Crippen LogP contribution is -2.26. The Hall–Kier alpha value is -2.18. The maximum Gasteiger partial charge on any atom is 0.290 e. The lowest BCUT2D eigenvalue weighted by atomic mass is 10.4. The van der Waals surface area contributed by atoms with Gasteiger partial charge < -0.3 is 9.88 Å². The molecule has 0 bridgehead atoms. The minimum absolute atomic E-state index is 0.203.